The number of halogens is 3. The average Bonchev–Trinajstić information content (AvgIpc) is 3.11. The highest BCUT2D eigenvalue weighted by atomic mass is 35.5. The SMILES string of the molecule is CN1CCN(c2nc(-c3ccc(F)cc3F)c3c(N)n(-c4ccc(Cl)cc4)nc3n2)CC1. The second-order valence-electron chi connectivity index (χ2n) is 7.76. The molecule has 164 valence electrons. The molecule has 4 aromatic rings. The van der Waals surface area contributed by atoms with Crippen molar-refractivity contribution in [1.29, 1.82) is 0 Å². The molecule has 2 aromatic carbocycles. The molecule has 1 saturated heterocycles. The van der Waals surface area contributed by atoms with Gasteiger partial charge in [0.05, 0.1) is 16.8 Å². The van der Waals surface area contributed by atoms with E-state index >= 15 is 0 Å². The number of anilines is 2. The normalized spacial score (nSPS) is 14.9. The number of likely N-dealkylation sites (N-methyl/N-ethyl adjacent to an activating group) is 1. The van der Waals surface area contributed by atoms with E-state index in [2.05, 4.69) is 27.0 Å². The zero-order valence-electron chi connectivity index (χ0n) is 17.3. The van der Waals surface area contributed by atoms with Gasteiger partial charge in [0.25, 0.3) is 0 Å². The quantitative estimate of drug-likeness (QED) is 0.507. The first-order valence-corrected chi connectivity index (χ1v) is 10.5. The molecule has 1 fully saturated rings. The molecular weight excluding hydrogens is 436 g/mol. The lowest BCUT2D eigenvalue weighted by Gasteiger charge is -2.32. The van der Waals surface area contributed by atoms with Crippen LogP contribution < -0.4 is 10.6 Å². The van der Waals surface area contributed by atoms with Crippen LogP contribution in [0, 0.1) is 11.6 Å². The molecule has 10 heteroatoms. The largest absolute Gasteiger partial charge is 0.383 e. The number of nitrogens with two attached hydrogens (primary N) is 1. The predicted octanol–water partition coefficient (Wildman–Crippen LogP) is 3.75. The van der Waals surface area contributed by atoms with E-state index in [1.54, 1.807) is 24.3 Å². The van der Waals surface area contributed by atoms with Crippen LogP contribution in [-0.2, 0) is 0 Å². The third kappa shape index (κ3) is 3.63. The Labute approximate surface area is 188 Å². The van der Waals surface area contributed by atoms with E-state index in [0.29, 0.717) is 27.7 Å². The predicted molar refractivity (Wildman–Crippen MR) is 121 cm³/mol. The van der Waals surface area contributed by atoms with Crippen LogP contribution in [0.4, 0.5) is 20.5 Å². The Hall–Kier alpha value is -3.30. The number of piperazine rings is 1. The van der Waals surface area contributed by atoms with Crippen molar-refractivity contribution in [1.82, 2.24) is 24.6 Å². The summed E-state index contributed by atoms with van der Waals surface area (Å²) in [5.41, 5.74) is 7.87. The third-order valence-corrected chi connectivity index (χ3v) is 5.85. The Bertz CT molecular complexity index is 1300. The fourth-order valence-corrected chi connectivity index (χ4v) is 3.93. The van der Waals surface area contributed by atoms with E-state index < -0.39 is 11.6 Å². The number of fused-ring (bicyclic) bond motifs is 1. The standard InChI is InChI=1S/C22H20ClF2N7/c1-30-8-10-31(11-9-30)22-27-19(16-7-4-14(24)12-17(16)25)18-20(26)32(29-21(18)28-22)15-5-2-13(23)3-6-15/h2-7,12H,8-11,26H2,1H3. The maximum Gasteiger partial charge on any atom is 0.228 e. The monoisotopic (exact) mass is 455 g/mol. The molecular formula is C22H20ClF2N7. The van der Waals surface area contributed by atoms with E-state index in [1.807, 2.05) is 4.90 Å². The number of rotatable bonds is 3. The van der Waals surface area contributed by atoms with Gasteiger partial charge < -0.3 is 15.5 Å². The first-order valence-electron chi connectivity index (χ1n) is 10.1. The van der Waals surface area contributed by atoms with Crippen molar-refractivity contribution in [2.45, 2.75) is 0 Å². The molecule has 0 aliphatic carbocycles. The fraction of sp³-hybridized carbons (Fsp3) is 0.227. The number of hydrogen-bond donors (Lipinski definition) is 1. The number of nitrogens with zero attached hydrogens (tertiary/aromatic N) is 6. The summed E-state index contributed by atoms with van der Waals surface area (Å²) in [5.74, 6) is -0.704. The van der Waals surface area contributed by atoms with Crippen molar-refractivity contribution in [3.8, 4) is 16.9 Å². The van der Waals surface area contributed by atoms with Gasteiger partial charge in [-0.2, -0.15) is 4.98 Å². The summed E-state index contributed by atoms with van der Waals surface area (Å²) in [7, 11) is 2.05. The molecule has 0 amide bonds. The molecule has 2 aromatic heterocycles. The number of aromatic nitrogens is 4. The lowest BCUT2D eigenvalue weighted by molar-refractivity contribution is 0.311. The lowest BCUT2D eigenvalue weighted by Crippen LogP contribution is -2.45. The lowest BCUT2D eigenvalue weighted by atomic mass is 10.1. The van der Waals surface area contributed by atoms with Crippen molar-refractivity contribution in [2.75, 3.05) is 43.9 Å². The second kappa shape index (κ2) is 7.99. The molecule has 1 aliphatic heterocycles. The van der Waals surface area contributed by atoms with Gasteiger partial charge in [0, 0.05) is 42.8 Å². The van der Waals surface area contributed by atoms with Gasteiger partial charge in [0.2, 0.25) is 5.95 Å². The van der Waals surface area contributed by atoms with Crippen LogP contribution in [0.5, 0.6) is 0 Å². The van der Waals surface area contributed by atoms with E-state index in [0.717, 1.165) is 32.2 Å². The van der Waals surface area contributed by atoms with Crippen LogP contribution in [0.3, 0.4) is 0 Å². The molecule has 0 radical (unpaired) electrons. The van der Waals surface area contributed by atoms with Crippen LogP contribution in [0.2, 0.25) is 5.02 Å². The summed E-state index contributed by atoms with van der Waals surface area (Å²) in [6.07, 6.45) is 0. The molecule has 32 heavy (non-hydrogen) atoms. The van der Waals surface area contributed by atoms with Crippen LogP contribution >= 0.6 is 11.6 Å². The summed E-state index contributed by atoms with van der Waals surface area (Å²) in [6.45, 7) is 3.15. The molecule has 0 bridgehead atoms. The molecule has 2 N–H and O–H groups in total. The van der Waals surface area contributed by atoms with Crippen molar-refractivity contribution in [3.05, 3.63) is 59.1 Å². The van der Waals surface area contributed by atoms with Crippen molar-refractivity contribution in [2.24, 2.45) is 0 Å². The molecule has 5 rings (SSSR count). The minimum atomic E-state index is -0.729. The highest BCUT2D eigenvalue weighted by molar-refractivity contribution is 6.30. The van der Waals surface area contributed by atoms with E-state index in [-0.39, 0.29) is 17.1 Å². The Balaban J connectivity index is 1.73. The molecule has 7 nitrogen and oxygen atoms in total. The topological polar surface area (TPSA) is 76.1 Å². The van der Waals surface area contributed by atoms with E-state index in [4.69, 9.17) is 17.3 Å². The molecule has 3 heterocycles. The smallest absolute Gasteiger partial charge is 0.228 e. The van der Waals surface area contributed by atoms with Crippen molar-refractivity contribution >= 4 is 34.4 Å². The van der Waals surface area contributed by atoms with Crippen molar-refractivity contribution in [3.63, 3.8) is 0 Å². The second-order valence-corrected chi connectivity index (χ2v) is 8.20. The molecule has 0 atom stereocenters. The van der Waals surface area contributed by atoms with Gasteiger partial charge in [-0.05, 0) is 43.4 Å². The van der Waals surface area contributed by atoms with Gasteiger partial charge in [-0.25, -0.2) is 18.4 Å². The number of benzene rings is 2. The van der Waals surface area contributed by atoms with Crippen LogP contribution in [0.1, 0.15) is 0 Å². The van der Waals surface area contributed by atoms with Gasteiger partial charge in [-0.15, -0.1) is 5.10 Å². The maximum atomic E-state index is 14.8. The fourth-order valence-electron chi connectivity index (χ4n) is 3.80. The zero-order chi connectivity index (χ0) is 22.4. The summed E-state index contributed by atoms with van der Waals surface area (Å²) >= 11 is 6.01. The van der Waals surface area contributed by atoms with Crippen molar-refractivity contribution < 1.29 is 8.78 Å². The maximum absolute atomic E-state index is 14.8. The third-order valence-electron chi connectivity index (χ3n) is 5.60. The Kier molecular flexibility index (Phi) is 5.15. The van der Waals surface area contributed by atoms with Gasteiger partial charge in [-0.1, -0.05) is 11.6 Å². The minimum Gasteiger partial charge on any atom is -0.383 e. The summed E-state index contributed by atoms with van der Waals surface area (Å²) in [5, 5.41) is 5.56. The average molecular weight is 456 g/mol. The van der Waals surface area contributed by atoms with Gasteiger partial charge in [0.15, 0.2) is 5.65 Å². The Morgan fingerprint density at radius 2 is 1.69 bits per heavy atom. The highest BCUT2D eigenvalue weighted by Crippen LogP contribution is 2.35. The van der Waals surface area contributed by atoms with E-state index in [1.165, 1.54) is 16.8 Å². The summed E-state index contributed by atoms with van der Waals surface area (Å²) < 4.78 is 29.9. The van der Waals surface area contributed by atoms with E-state index in [9.17, 15) is 8.78 Å². The van der Waals surface area contributed by atoms with Gasteiger partial charge in [0.1, 0.15) is 17.5 Å². The summed E-state index contributed by atoms with van der Waals surface area (Å²) in [4.78, 5) is 13.6. The van der Waals surface area contributed by atoms with Gasteiger partial charge in [-0.3, -0.25) is 0 Å². The van der Waals surface area contributed by atoms with Gasteiger partial charge >= 0.3 is 0 Å². The first kappa shape index (κ1) is 20.6. The van der Waals surface area contributed by atoms with Crippen LogP contribution in [-0.4, -0.2) is 57.9 Å². The molecule has 1 aliphatic rings. The Morgan fingerprint density at radius 3 is 2.38 bits per heavy atom. The summed E-state index contributed by atoms with van der Waals surface area (Å²) in [6, 6.07) is 10.4. The Morgan fingerprint density at radius 1 is 0.969 bits per heavy atom. The number of hydrogen-bond acceptors (Lipinski definition) is 6. The minimum absolute atomic E-state index is 0.136. The first-order chi connectivity index (χ1) is 15.4. The van der Waals surface area contributed by atoms with Crippen LogP contribution in [0.15, 0.2) is 42.5 Å². The molecule has 0 unspecified atom stereocenters. The molecule has 0 saturated carbocycles. The zero-order valence-corrected chi connectivity index (χ0v) is 18.0. The molecule has 0 spiro atoms. The van der Waals surface area contributed by atoms with Crippen LogP contribution in [0.25, 0.3) is 28.0 Å². The number of nitrogen functional groups attached to an aromatic ring is 1. The highest BCUT2D eigenvalue weighted by Gasteiger charge is 2.24.